The van der Waals surface area contributed by atoms with Crippen LogP contribution >= 0.6 is 11.8 Å². The molecule has 1 atom stereocenters. The van der Waals surface area contributed by atoms with Crippen LogP contribution in [0.15, 0.2) is 35.3 Å². The van der Waals surface area contributed by atoms with Crippen molar-refractivity contribution in [2.45, 2.75) is 31.1 Å². The van der Waals surface area contributed by atoms with E-state index in [4.69, 9.17) is 0 Å². The number of para-hydroxylation sites is 1. The Balaban J connectivity index is 1.54. The number of aromatic nitrogens is 1. The van der Waals surface area contributed by atoms with Gasteiger partial charge in [0.15, 0.2) is 5.96 Å². The van der Waals surface area contributed by atoms with Crippen molar-refractivity contribution < 1.29 is 0 Å². The maximum absolute atomic E-state index is 4.32. The Morgan fingerprint density at radius 3 is 2.95 bits per heavy atom. The van der Waals surface area contributed by atoms with Crippen LogP contribution in [0.3, 0.4) is 0 Å². The molecule has 118 valence electrons. The molecule has 3 rings (SSSR count). The molecule has 5 heteroatoms. The van der Waals surface area contributed by atoms with Gasteiger partial charge in [0.25, 0.3) is 0 Å². The van der Waals surface area contributed by atoms with Gasteiger partial charge in [0.05, 0.1) is 6.54 Å². The normalized spacial score (nSPS) is 22.2. The third-order valence-electron chi connectivity index (χ3n) is 4.19. The molecule has 1 unspecified atom stereocenters. The first-order valence-corrected chi connectivity index (χ1v) is 8.82. The molecular weight excluding hydrogens is 292 g/mol. The Hall–Kier alpha value is -1.62. The summed E-state index contributed by atoms with van der Waals surface area (Å²) in [6, 6.07) is 10.5. The Labute approximate surface area is 136 Å². The number of hydrogen-bond acceptors (Lipinski definition) is 2. The van der Waals surface area contributed by atoms with Gasteiger partial charge < -0.3 is 15.6 Å². The predicted octanol–water partition coefficient (Wildman–Crippen LogP) is 3.12. The third kappa shape index (κ3) is 3.58. The minimum absolute atomic E-state index is 0.346. The van der Waals surface area contributed by atoms with Crippen LogP contribution in [0.1, 0.15) is 25.5 Å². The predicted molar refractivity (Wildman–Crippen MR) is 96.6 cm³/mol. The molecule has 1 aliphatic heterocycles. The highest BCUT2D eigenvalue weighted by Crippen LogP contribution is 2.36. The van der Waals surface area contributed by atoms with Crippen LogP contribution in [-0.2, 0) is 6.54 Å². The largest absolute Gasteiger partial charge is 0.357 e. The van der Waals surface area contributed by atoms with E-state index in [0.717, 1.165) is 19.0 Å². The van der Waals surface area contributed by atoms with Crippen LogP contribution in [0.4, 0.5) is 0 Å². The van der Waals surface area contributed by atoms with Crippen molar-refractivity contribution in [3.63, 3.8) is 0 Å². The van der Waals surface area contributed by atoms with E-state index in [9.17, 15) is 0 Å². The number of guanidine groups is 1. The minimum atomic E-state index is 0.346. The number of hydrogen-bond donors (Lipinski definition) is 3. The number of H-pyrrole nitrogens is 1. The van der Waals surface area contributed by atoms with E-state index in [2.05, 4.69) is 69.6 Å². The molecule has 2 heterocycles. The summed E-state index contributed by atoms with van der Waals surface area (Å²) in [4.78, 5) is 7.75. The molecule has 0 radical (unpaired) electrons. The molecule has 0 saturated carbocycles. The summed E-state index contributed by atoms with van der Waals surface area (Å²) in [6.07, 6.45) is 2.60. The van der Waals surface area contributed by atoms with Crippen LogP contribution in [0.2, 0.25) is 0 Å². The highest BCUT2D eigenvalue weighted by Gasteiger charge is 2.29. The maximum atomic E-state index is 4.32. The average molecular weight is 316 g/mol. The number of nitrogens with zero attached hydrogens (tertiary/aromatic N) is 1. The molecule has 1 fully saturated rings. The monoisotopic (exact) mass is 316 g/mol. The van der Waals surface area contributed by atoms with Gasteiger partial charge in [-0.1, -0.05) is 18.2 Å². The quantitative estimate of drug-likeness (QED) is 0.600. The highest BCUT2D eigenvalue weighted by atomic mass is 32.2. The van der Waals surface area contributed by atoms with Gasteiger partial charge in [-0.05, 0) is 43.0 Å². The summed E-state index contributed by atoms with van der Waals surface area (Å²) in [5.74, 6) is 2.15. The standard InChI is InChI=1S/C17H24N4S/c1-17(8-5-9-22-17)12-20-16(18-2)19-11-14-10-13-6-3-4-7-15(13)21-14/h3-4,6-7,10,21H,5,8-9,11-12H2,1-2H3,(H2,18,19,20). The van der Waals surface area contributed by atoms with E-state index >= 15 is 0 Å². The summed E-state index contributed by atoms with van der Waals surface area (Å²) in [5, 5.41) is 8.09. The van der Waals surface area contributed by atoms with Gasteiger partial charge in [-0.3, -0.25) is 4.99 Å². The Morgan fingerprint density at radius 1 is 1.36 bits per heavy atom. The number of nitrogens with one attached hydrogen (secondary N) is 3. The lowest BCUT2D eigenvalue weighted by molar-refractivity contribution is 0.584. The van der Waals surface area contributed by atoms with E-state index in [1.54, 1.807) is 0 Å². The number of benzene rings is 1. The summed E-state index contributed by atoms with van der Waals surface area (Å²) < 4.78 is 0.346. The smallest absolute Gasteiger partial charge is 0.191 e. The summed E-state index contributed by atoms with van der Waals surface area (Å²) >= 11 is 2.06. The maximum Gasteiger partial charge on any atom is 0.191 e. The third-order valence-corrected chi connectivity index (χ3v) is 5.72. The van der Waals surface area contributed by atoms with Crippen molar-refractivity contribution in [3.05, 3.63) is 36.0 Å². The molecule has 0 bridgehead atoms. The first-order valence-electron chi connectivity index (χ1n) is 7.84. The molecule has 0 aliphatic carbocycles. The molecule has 4 nitrogen and oxygen atoms in total. The van der Waals surface area contributed by atoms with Gasteiger partial charge in [-0.2, -0.15) is 11.8 Å². The van der Waals surface area contributed by atoms with E-state index in [1.165, 1.54) is 35.2 Å². The minimum Gasteiger partial charge on any atom is -0.357 e. The summed E-state index contributed by atoms with van der Waals surface area (Å²) in [6.45, 7) is 4.05. The van der Waals surface area contributed by atoms with Gasteiger partial charge in [0.1, 0.15) is 0 Å². The summed E-state index contributed by atoms with van der Waals surface area (Å²) in [7, 11) is 1.82. The molecule has 22 heavy (non-hydrogen) atoms. The zero-order chi connectivity index (χ0) is 15.4. The Kier molecular flexibility index (Phi) is 4.62. The molecule has 1 aliphatic rings. The molecule has 1 aromatic heterocycles. The van der Waals surface area contributed by atoms with E-state index in [0.29, 0.717) is 4.75 Å². The molecule has 1 aromatic carbocycles. The van der Waals surface area contributed by atoms with Crippen molar-refractivity contribution >= 4 is 28.6 Å². The fourth-order valence-corrected chi connectivity index (χ4v) is 4.12. The molecule has 3 N–H and O–H groups in total. The van der Waals surface area contributed by atoms with Crippen molar-refractivity contribution in [2.75, 3.05) is 19.3 Å². The second kappa shape index (κ2) is 6.65. The van der Waals surface area contributed by atoms with Gasteiger partial charge in [-0.15, -0.1) is 0 Å². The zero-order valence-corrected chi connectivity index (χ0v) is 14.1. The second-order valence-corrected chi connectivity index (χ2v) is 7.75. The van der Waals surface area contributed by atoms with E-state index in [1.807, 2.05) is 7.05 Å². The van der Waals surface area contributed by atoms with Gasteiger partial charge in [-0.25, -0.2) is 0 Å². The van der Waals surface area contributed by atoms with Crippen LogP contribution in [-0.4, -0.2) is 35.0 Å². The van der Waals surface area contributed by atoms with Gasteiger partial charge in [0, 0.05) is 29.6 Å². The fourth-order valence-electron chi connectivity index (χ4n) is 2.88. The van der Waals surface area contributed by atoms with Crippen LogP contribution in [0, 0.1) is 0 Å². The molecule has 0 amide bonds. The first-order chi connectivity index (χ1) is 10.7. The number of aromatic amines is 1. The number of rotatable bonds is 4. The molecule has 2 aromatic rings. The lowest BCUT2D eigenvalue weighted by Crippen LogP contribution is -2.43. The van der Waals surface area contributed by atoms with Crippen molar-refractivity contribution in [3.8, 4) is 0 Å². The van der Waals surface area contributed by atoms with Crippen LogP contribution in [0.25, 0.3) is 10.9 Å². The lowest BCUT2D eigenvalue weighted by Gasteiger charge is -2.24. The SMILES string of the molecule is CN=C(NCc1cc2ccccc2[nH]1)NCC1(C)CCCS1. The first kappa shape index (κ1) is 15.3. The Morgan fingerprint density at radius 2 is 2.23 bits per heavy atom. The van der Waals surface area contributed by atoms with E-state index < -0.39 is 0 Å². The zero-order valence-electron chi connectivity index (χ0n) is 13.3. The fraction of sp³-hybridized carbons (Fsp3) is 0.471. The number of aliphatic imine (C=N–C) groups is 1. The van der Waals surface area contributed by atoms with E-state index in [-0.39, 0.29) is 0 Å². The summed E-state index contributed by atoms with van der Waals surface area (Å²) in [5.41, 5.74) is 2.35. The molecule has 1 saturated heterocycles. The topological polar surface area (TPSA) is 52.2 Å². The van der Waals surface area contributed by atoms with Crippen LogP contribution < -0.4 is 10.6 Å². The van der Waals surface area contributed by atoms with Crippen molar-refractivity contribution in [1.29, 1.82) is 0 Å². The number of thioether (sulfide) groups is 1. The molecular formula is C17H24N4S. The van der Waals surface area contributed by atoms with Crippen molar-refractivity contribution in [2.24, 2.45) is 4.99 Å². The molecule has 0 spiro atoms. The second-order valence-electron chi connectivity index (χ2n) is 6.06. The van der Waals surface area contributed by atoms with Crippen LogP contribution in [0.5, 0.6) is 0 Å². The van der Waals surface area contributed by atoms with Gasteiger partial charge >= 0.3 is 0 Å². The highest BCUT2D eigenvalue weighted by molar-refractivity contribution is 8.00. The van der Waals surface area contributed by atoms with Gasteiger partial charge in [0.2, 0.25) is 0 Å². The number of fused-ring (bicyclic) bond motifs is 1. The average Bonchev–Trinajstić information content (AvgIpc) is 3.13. The lowest BCUT2D eigenvalue weighted by atomic mass is 10.1. The Bertz CT molecular complexity index is 622. The van der Waals surface area contributed by atoms with Crippen molar-refractivity contribution in [1.82, 2.24) is 15.6 Å².